The summed E-state index contributed by atoms with van der Waals surface area (Å²) < 4.78 is 0. The largest absolute Gasteiger partial charge is 0.308 e. The molecule has 1 aliphatic heterocycles. The number of hydrogen-bond acceptors (Lipinski definition) is 3. The molecule has 2 rings (SSSR count). The first kappa shape index (κ1) is 13.5. The lowest BCUT2D eigenvalue weighted by Gasteiger charge is -2.33. The zero-order chi connectivity index (χ0) is 13.0. The molecule has 0 bridgehead atoms. The zero-order valence-electron chi connectivity index (χ0n) is 11.8. The zero-order valence-corrected chi connectivity index (χ0v) is 11.8. The van der Waals surface area contributed by atoms with Crippen molar-refractivity contribution in [1.29, 1.82) is 0 Å². The molecule has 1 unspecified atom stereocenters. The molecular weight excluding hydrogens is 222 g/mol. The van der Waals surface area contributed by atoms with Gasteiger partial charge in [-0.2, -0.15) is 0 Å². The summed E-state index contributed by atoms with van der Waals surface area (Å²) in [7, 11) is 2.21. The lowest BCUT2D eigenvalue weighted by molar-refractivity contribution is 0.189. The van der Waals surface area contributed by atoms with Crippen molar-refractivity contribution in [3.8, 4) is 0 Å². The Kier molecular flexibility index (Phi) is 4.72. The summed E-state index contributed by atoms with van der Waals surface area (Å²) >= 11 is 0. The lowest BCUT2D eigenvalue weighted by Crippen LogP contribution is -2.40. The second kappa shape index (κ2) is 6.30. The molecule has 3 nitrogen and oxygen atoms in total. The second-order valence-corrected chi connectivity index (χ2v) is 5.58. The number of rotatable bonds is 4. The summed E-state index contributed by atoms with van der Waals surface area (Å²) in [5.41, 5.74) is 2.25. The van der Waals surface area contributed by atoms with E-state index in [1.54, 1.807) is 0 Å². The second-order valence-electron chi connectivity index (χ2n) is 5.58. The van der Waals surface area contributed by atoms with Gasteiger partial charge < -0.3 is 10.2 Å². The van der Waals surface area contributed by atoms with Gasteiger partial charge in [-0.1, -0.05) is 6.07 Å². The third-order valence-corrected chi connectivity index (χ3v) is 4.02. The first-order valence-electron chi connectivity index (χ1n) is 6.99. The highest BCUT2D eigenvalue weighted by atomic mass is 15.1. The van der Waals surface area contributed by atoms with E-state index >= 15 is 0 Å². The Hall–Kier alpha value is -0.930. The summed E-state index contributed by atoms with van der Waals surface area (Å²) in [4.78, 5) is 6.95. The van der Waals surface area contributed by atoms with E-state index in [1.165, 1.54) is 25.9 Å². The molecular formula is C15H25N3. The molecule has 1 atom stereocenters. The quantitative estimate of drug-likeness (QED) is 0.884. The number of piperidine rings is 1. The third kappa shape index (κ3) is 3.79. The predicted molar refractivity (Wildman–Crippen MR) is 75.5 cm³/mol. The van der Waals surface area contributed by atoms with Crippen molar-refractivity contribution in [3.05, 3.63) is 29.6 Å². The number of nitrogens with zero attached hydrogens (tertiary/aromatic N) is 2. The third-order valence-electron chi connectivity index (χ3n) is 4.02. The van der Waals surface area contributed by atoms with E-state index in [2.05, 4.69) is 41.3 Å². The van der Waals surface area contributed by atoms with Crippen LogP contribution in [0.4, 0.5) is 0 Å². The van der Waals surface area contributed by atoms with Gasteiger partial charge in [-0.25, -0.2) is 0 Å². The molecule has 0 radical (unpaired) electrons. The van der Waals surface area contributed by atoms with E-state index in [-0.39, 0.29) is 0 Å². The smallest absolute Gasteiger partial charge is 0.0544 e. The molecule has 0 aliphatic carbocycles. The van der Waals surface area contributed by atoms with Crippen LogP contribution in [-0.2, 0) is 6.54 Å². The Morgan fingerprint density at radius 2 is 2.11 bits per heavy atom. The highest BCUT2D eigenvalue weighted by Gasteiger charge is 2.21. The summed E-state index contributed by atoms with van der Waals surface area (Å²) in [6.45, 7) is 7.71. The minimum atomic E-state index is 0.584. The van der Waals surface area contributed by atoms with Crippen LogP contribution in [0, 0.1) is 12.8 Å². The number of pyridine rings is 1. The summed E-state index contributed by atoms with van der Waals surface area (Å²) in [5.74, 6) is 0.811. The van der Waals surface area contributed by atoms with Gasteiger partial charge in [-0.3, -0.25) is 4.98 Å². The average Bonchev–Trinajstić information content (AvgIpc) is 2.37. The van der Waals surface area contributed by atoms with Crippen LogP contribution in [0.3, 0.4) is 0 Å². The molecule has 100 valence electrons. The average molecular weight is 247 g/mol. The Labute approximate surface area is 111 Å². The standard InChI is InChI=1S/C15H25N3/c1-12-5-4-6-15(17-12)11-16-13(2)14-7-9-18(3)10-8-14/h4-6,13-14,16H,7-11H2,1-3H3. The van der Waals surface area contributed by atoms with Gasteiger partial charge >= 0.3 is 0 Å². The van der Waals surface area contributed by atoms with Gasteiger partial charge in [0, 0.05) is 18.3 Å². The Morgan fingerprint density at radius 3 is 2.78 bits per heavy atom. The molecule has 18 heavy (non-hydrogen) atoms. The van der Waals surface area contributed by atoms with Crippen molar-refractivity contribution < 1.29 is 0 Å². The highest BCUT2D eigenvalue weighted by Crippen LogP contribution is 2.19. The normalized spacial score (nSPS) is 19.9. The van der Waals surface area contributed by atoms with Crippen LogP contribution in [0.2, 0.25) is 0 Å². The molecule has 0 saturated carbocycles. The molecule has 0 spiro atoms. The van der Waals surface area contributed by atoms with Gasteiger partial charge in [0.15, 0.2) is 0 Å². The fraction of sp³-hybridized carbons (Fsp3) is 0.667. The van der Waals surface area contributed by atoms with E-state index < -0.39 is 0 Å². The molecule has 1 aliphatic rings. The summed E-state index contributed by atoms with van der Waals surface area (Å²) in [6, 6.07) is 6.81. The number of likely N-dealkylation sites (tertiary alicyclic amines) is 1. The van der Waals surface area contributed by atoms with E-state index in [0.717, 1.165) is 23.9 Å². The minimum absolute atomic E-state index is 0.584. The first-order valence-corrected chi connectivity index (χ1v) is 6.99. The number of nitrogens with one attached hydrogen (secondary N) is 1. The SMILES string of the molecule is Cc1cccc(CNC(C)C2CCN(C)CC2)n1. The van der Waals surface area contributed by atoms with Crippen LogP contribution >= 0.6 is 0 Å². The van der Waals surface area contributed by atoms with Gasteiger partial charge in [0.25, 0.3) is 0 Å². The molecule has 0 amide bonds. The van der Waals surface area contributed by atoms with Crippen molar-refractivity contribution in [1.82, 2.24) is 15.2 Å². The lowest BCUT2D eigenvalue weighted by atomic mass is 9.90. The van der Waals surface area contributed by atoms with E-state index in [4.69, 9.17) is 0 Å². The summed E-state index contributed by atoms with van der Waals surface area (Å²) in [5, 5.41) is 3.63. The molecule has 1 N–H and O–H groups in total. The van der Waals surface area contributed by atoms with Gasteiger partial charge in [0.1, 0.15) is 0 Å². The Morgan fingerprint density at radius 1 is 1.39 bits per heavy atom. The van der Waals surface area contributed by atoms with Gasteiger partial charge in [0.2, 0.25) is 0 Å². The van der Waals surface area contributed by atoms with Crippen molar-refractivity contribution in [3.63, 3.8) is 0 Å². The molecule has 1 saturated heterocycles. The fourth-order valence-electron chi connectivity index (χ4n) is 2.66. The fourth-order valence-corrected chi connectivity index (χ4v) is 2.66. The molecule has 0 aromatic carbocycles. The summed E-state index contributed by atoms with van der Waals surface area (Å²) in [6.07, 6.45) is 2.62. The number of aromatic nitrogens is 1. The van der Waals surface area contributed by atoms with Crippen LogP contribution in [0.15, 0.2) is 18.2 Å². The number of aryl methyl sites for hydroxylation is 1. The predicted octanol–water partition coefficient (Wildman–Crippen LogP) is 2.21. The van der Waals surface area contributed by atoms with Crippen molar-refractivity contribution in [2.45, 2.75) is 39.3 Å². The molecule has 3 heteroatoms. The molecule has 2 heterocycles. The van der Waals surface area contributed by atoms with Gasteiger partial charge in [-0.15, -0.1) is 0 Å². The Bertz CT molecular complexity index is 370. The van der Waals surface area contributed by atoms with E-state index in [0.29, 0.717) is 6.04 Å². The van der Waals surface area contributed by atoms with Crippen molar-refractivity contribution in [2.24, 2.45) is 5.92 Å². The Balaban J connectivity index is 1.79. The van der Waals surface area contributed by atoms with Crippen molar-refractivity contribution in [2.75, 3.05) is 20.1 Å². The van der Waals surface area contributed by atoms with Crippen LogP contribution in [0.25, 0.3) is 0 Å². The van der Waals surface area contributed by atoms with Crippen LogP contribution in [0.5, 0.6) is 0 Å². The van der Waals surface area contributed by atoms with Crippen molar-refractivity contribution >= 4 is 0 Å². The van der Waals surface area contributed by atoms with E-state index in [1.807, 2.05) is 13.0 Å². The van der Waals surface area contributed by atoms with E-state index in [9.17, 15) is 0 Å². The maximum absolute atomic E-state index is 4.53. The topological polar surface area (TPSA) is 28.2 Å². The molecule has 1 aromatic rings. The first-order chi connectivity index (χ1) is 8.65. The minimum Gasteiger partial charge on any atom is -0.308 e. The van der Waals surface area contributed by atoms with Gasteiger partial charge in [0.05, 0.1) is 5.69 Å². The van der Waals surface area contributed by atoms with Crippen LogP contribution in [-0.4, -0.2) is 36.1 Å². The molecule has 1 aromatic heterocycles. The monoisotopic (exact) mass is 247 g/mol. The van der Waals surface area contributed by atoms with Crippen LogP contribution in [0.1, 0.15) is 31.2 Å². The molecule has 1 fully saturated rings. The van der Waals surface area contributed by atoms with Crippen LogP contribution < -0.4 is 5.32 Å². The maximum Gasteiger partial charge on any atom is 0.0544 e. The number of hydrogen-bond donors (Lipinski definition) is 1. The highest BCUT2D eigenvalue weighted by molar-refractivity contribution is 5.09. The maximum atomic E-state index is 4.53. The van der Waals surface area contributed by atoms with Gasteiger partial charge in [-0.05, 0) is 64.9 Å².